The van der Waals surface area contributed by atoms with E-state index in [0.29, 0.717) is 25.9 Å². The second kappa shape index (κ2) is 9.57. The summed E-state index contributed by atoms with van der Waals surface area (Å²) in [7, 11) is 1.60. The van der Waals surface area contributed by atoms with Gasteiger partial charge in [-0.3, -0.25) is 4.79 Å². The first-order chi connectivity index (χ1) is 12.5. The van der Waals surface area contributed by atoms with Crippen molar-refractivity contribution in [2.24, 2.45) is 5.73 Å². The van der Waals surface area contributed by atoms with Crippen molar-refractivity contribution in [2.75, 3.05) is 13.7 Å². The van der Waals surface area contributed by atoms with Gasteiger partial charge in [0.15, 0.2) is 0 Å². The van der Waals surface area contributed by atoms with Crippen LogP contribution >= 0.6 is 0 Å². The second-order valence-electron chi connectivity index (χ2n) is 6.96. The van der Waals surface area contributed by atoms with Crippen molar-refractivity contribution in [3.63, 3.8) is 0 Å². The fraction of sp³-hybridized carbons (Fsp3) is 0.600. The molecule has 1 aromatic carbocycles. The van der Waals surface area contributed by atoms with Gasteiger partial charge in [-0.05, 0) is 37.0 Å². The molecule has 1 fully saturated rings. The highest BCUT2D eigenvalue weighted by atomic mass is 16.5. The van der Waals surface area contributed by atoms with Crippen molar-refractivity contribution in [1.82, 2.24) is 5.32 Å². The van der Waals surface area contributed by atoms with Crippen LogP contribution in [0.15, 0.2) is 24.3 Å². The van der Waals surface area contributed by atoms with Crippen LogP contribution < -0.4 is 15.8 Å². The van der Waals surface area contributed by atoms with Crippen molar-refractivity contribution in [2.45, 2.75) is 63.5 Å². The molecule has 6 heteroatoms. The lowest BCUT2D eigenvalue weighted by molar-refractivity contribution is -0.148. The summed E-state index contributed by atoms with van der Waals surface area (Å²) in [4.78, 5) is 25.1. The molecule has 2 rings (SSSR count). The lowest BCUT2D eigenvalue weighted by Gasteiger charge is -2.26. The molecular formula is C20H30N2O4. The molecule has 0 unspecified atom stereocenters. The van der Waals surface area contributed by atoms with Gasteiger partial charge < -0.3 is 20.5 Å². The Hall–Kier alpha value is -2.08. The summed E-state index contributed by atoms with van der Waals surface area (Å²) in [5.41, 5.74) is 6.27. The Balaban J connectivity index is 2.06. The van der Waals surface area contributed by atoms with E-state index < -0.39 is 17.6 Å². The highest BCUT2D eigenvalue weighted by Crippen LogP contribution is 2.27. The van der Waals surface area contributed by atoms with E-state index in [9.17, 15) is 9.59 Å². The molecule has 1 aliphatic carbocycles. The van der Waals surface area contributed by atoms with Gasteiger partial charge in [0.1, 0.15) is 11.8 Å². The smallest absolute Gasteiger partial charge is 0.328 e. The van der Waals surface area contributed by atoms with Gasteiger partial charge in [-0.1, -0.05) is 38.3 Å². The van der Waals surface area contributed by atoms with E-state index in [0.717, 1.165) is 37.0 Å². The molecule has 6 nitrogen and oxygen atoms in total. The van der Waals surface area contributed by atoms with Crippen LogP contribution in [-0.4, -0.2) is 37.2 Å². The van der Waals surface area contributed by atoms with Crippen LogP contribution in [0.5, 0.6) is 5.75 Å². The molecule has 0 spiro atoms. The molecule has 0 radical (unpaired) electrons. The monoisotopic (exact) mass is 362 g/mol. The molecule has 0 saturated heterocycles. The van der Waals surface area contributed by atoms with Crippen LogP contribution in [0, 0.1) is 0 Å². The zero-order valence-electron chi connectivity index (χ0n) is 15.8. The van der Waals surface area contributed by atoms with Gasteiger partial charge in [-0.2, -0.15) is 0 Å². The van der Waals surface area contributed by atoms with Crippen molar-refractivity contribution in [3.05, 3.63) is 29.8 Å². The Morgan fingerprint density at radius 1 is 1.23 bits per heavy atom. The number of hydrogen-bond donors (Lipinski definition) is 2. The Morgan fingerprint density at radius 3 is 2.46 bits per heavy atom. The minimum Gasteiger partial charge on any atom is -0.497 e. The maximum Gasteiger partial charge on any atom is 0.328 e. The van der Waals surface area contributed by atoms with Crippen LogP contribution in [0.1, 0.15) is 51.0 Å². The maximum absolute atomic E-state index is 12.6. The van der Waals surface area contributed by atoms with E-state index in [1.165, 1.54) is 0 Å². The number of hydrogen-bond acceptors (Lipinski definition) is 5. The first kappa shape index (κ1) is 20.2. The molecular weight excluding hydrogens is 332 g/mol. The molecule has 3 N–H and O–H groups in total. The van der Waals surface area contributed by atoms with Crippen LogP contribution in [0.3, 0.4) is 0 Å². The minimum atomic E-state index is -0.873. The lowest BCUT2D eigenvalue weighted by atomic mass is 9.96. The molecule has 0 bridgehead atoms. The molecule has 1 aromatic rings. The summed E-state index contributed by atoms with van der Waals surface area (Å²) in [6, 6.07) is 6.68. The summed E-state index contributed by atoms with van der Waals surface area (Å²) < 4.78 is 10.5. The number of nitrogens with one attached hydrogen (secondary N) is 1. The average Bonchev–Trinajstić information content (AvgIpc) is 3.10. The molecule has 144 valence electrons. The van der Waals surface area contributed by atoms with Gasteiger partial charge in [0.05, 0.1) is 19.3 Å². The first-order valence-corrected chi connectivity index (χ1v) is 9.38. The zero-order valence-corrected chi connectivity index (χ0v) is 15.8. The van der Waals surface area contributed by atoms with Gasteiger partial charge >= 0.3 is 5.97 Å². The van der Waals surface area contributed by atoms with Crippen molar-refractivity contribution in [3.8, 4) is 5.75 Å². The topological polar surface area (TPSA) is 90.6 Å². The molecule has 26 heavy (non-hydrogen) atoms. The molecule has 1 aliphatic rings. The lowest BCUT2D eigenvalue weighted by Crippen LogP contribution is -2.56. The Morgan fingerprint density at radius 2 is 1.88 bits per heavy atom. The van der Waals surface area contributed by atoms with E-state index in [1.54, 1.807) is 7.11 Å². The normalized spacial score (nSPS) is 16.7. The Labute approximate surface area is 155 Å². The third-order valence-corrected chi connectivity index (χ3v) is 4.88. The predicted octanol–water partition coefficient (Wildman–Crippen LogP) is 2.34. The van der Waals surface area contributed by atoms with E-state index >= 15 is 0 Å². The van der Waals surface area contributed by atoms with Crippen molar-refractivity contribution >= 4 is 11.9 Å². The summed E-state index contributed by atoms with van der Waals surface area (Å²) >= 11 is 0. The number of rotatable bonds is 9. The van der Waals surface area contributed by atoms with E-state index in [2.05, 4.69) is 5.32 Å². The van der Waals surface area contributed by atoms with Crippen LogP contribution in [-0.2, 0) is 20.7 Å². The van der Waals surface area contributed by atoms with Gasteiger partial charge in [-0.25, -0.2) is 4.79 Å². The largest absolute Gasteiger partial charge is 0.497 e. The van der Waals surface area contributed by atoms with Gasteiger partial charge in [0.2, 0.25) is 5.91 Å². The molecule has 0 aliphatic heterocycles. The number of methoxy groups -OCH3 is 1. The van der Waals surface area contributed by atoms with Gasteiger partial charge in [0, 0.05) is 6.42 Å². The van der Waals surface area contributed by atoms with Gasteiger partial charge in [-0.15, -0.1) is 0 Å². The SMILES string of the molecule is CCCCOC(=O)[C@H](Cc1ccc(OC)cc1)NC(=O)C1(N)CCCC1. The van der Waals surface area contributed by atoms with Crippen LogP contribution in [0.4, 0.5) is 0 Å². The summed E-state index contributed by atoms with van der Waals surface area (Å²) in [5, 5.41) is 2.83. The minimum absolute atomic E-state index is 0.263. The van der Waals surface area contributed by atoms with E-state index in [4.69, 9.17) is 15.2 Å². The number of amides is 1. The third kappa shape index (κ3) is 5.46. The molecule has 0 heterocycles. The first-order valence-electron chi connectivity index (χ1n) is 9.38. The fourth-order valence-electron chi connectivity index (χ4n) is 3.14. The molecule has 0 aromatic heterocycles. The zero-order chi connectivity index (χ0) is 19.0. The summed E-state index contributed by atoms with van der Waals surface area (Å²) in [6.07, 6.45) is 5.28. The van der Waals surface area contributed by atoms with Crippen LogP contribution in [0.25, 0.3) is 0 Å². The number of unbranched alkanes of at least 4 members (excludes halogenated alkanes) is 1. The van der Waals surface area contributed by atoms with Crippen molar-refractivity contribution in [1.29, 1.82) is 0 Å². The summed E-state index contributed by atoms with van der Waals surface area (Å²) in [6.45, 7) is 2.39. The second-order valence-corrected chi connectivity index (χ2v) is 6.96. The third-order valence-electron chi connectivity index (χ3n) is 4.88. The van der Waals surface area contributed by atoms with E-state index in [1.807, 2.05) is 31.2 Å². The Bertz CT molecular complexity index is 594. The van der Waals surface area contributed by atoms with Gasteiger partial charge in [0.25, 0.3) is 0 Å². The number of carbonyl (C=O) groups excluding carboxylic acids is 2. The predicted molar refractivity (Wildman–Crippen MR) is 99.9 cm³/mol. The highest BCUT2D eigenvalue weighted by Gasteiger charge is 2.39. The molecule has 1 atom stereocenters. The number of esters is 1. The molecule has 1 amide bonds. The maximum atomic E-state index is 12.6. The average molecular weight is 362 g/mol. The fourth-order valence-corrected chi connectivity index (χ4v) is 3.14. The quantitative estimate of drug-likeness (QED) is 0.520. The number of benzene rings is 1. The standard InChI is InChI=1S/C20H30N2O4/c1-3-4-13-26-18(23)17(14-15-7-9-16(25-2)10-8-15)22-19(24)20(21)11-5-6-12-20/h7-10,17H,3-6,11-14,21H2,1-2H3,(H,22,24)/t17-/m0/s1. The molecule has 1 saturated carbocycles. The van der Waals surface area contributed by atoms with Crippen molar-refractivity contribution < 1.29 is 19.1 Å². The van der Waals surface area contributed by atoms with E-state index in [-0.39, 0.29) is 5.91 Å². The number of ether oxygens (including phenoxy) is 2. The highest BCUT2D eigenvalue weighted by molar-refractivity contribution is 5.90. The number of nitrogens with two attached hydrogens (primary N) is 1. The number of carbonyl (C=O) groups is 2. The Kier molecular flexibility index (Phi) is 7.45. The summed E-state index contributed by atoms with van der Waals surface area (Å²) in [5.74, 6) is 0.0666. The van der Waals surface area contributed by atoms with Crippen LogP contribution in [0.2, 0.25) is 0 Å².